The van der Waals surface area contributed by atoms with E-state index in [0.717, 1.165) is 6.07 Å². The van der Waals surface area contributed by atoms with Gasteiger partial charge in [-0.3, -0.25) is 9.78 Å². The summed E-state index contributed by atoms with van der Waals surface area (Å²) >= 11 is 0. The van der Waals surface area contributed by atoms with Crippen molar-refractivity contribution in [3.05, 3.63) is 59.4 Å². The molecule has 1 heterocycles. The maximum absolute atomic E-state index is 13.8. The van der Waals surface area contributed by atoms with Crippen LogP contribution in [0.2, 0.25) is 0 Å². The standard InChI is InChI=1S/C24H27F6N3O2/c1-33(2)17(10-15-5-6-18(34)11-20(15)23(25,26)27)14-32-21(35)12-19(16-4-3-9-31-13-16)22(7-8-22)24(28,29)30/h3-6,9,11,13,17,19,34H,7-8,10,12,14H2,1-2H3,(H,32,35)/t17-,19+/m0/s1. The number of halogens is 6. The molecule has 2 N–H and O–H groups in total. The van der Waals surface area contributed by atoms with Crippen LogP contribution in [0.1, 0.15) is 41.9 Å². The number of pyridine rings is 1. The minimum Gasteiger partial charge on any atom is -0.508 e. The van der Waals surface area contributed by atoms with Crippen LogP contribution in [0.15, 0.2) is 42.7 Å². The lowest BCUT2D eigenvalue weighted by molar-refractivity contribution is -0.194. The van der Waals surface area contributed by atoms with Crippen LogP contribution in [0.5, 0.6) is 5.75 Å². The van der Waals surface area contributed by atoms with Crippen LogP contribution in [-0.4, -0.2) is 53.8 Å². The molecule has 3 rings (SSSR count). The molecule has 0 aliphatic heterocycles. The van der Waals surface area contributed by atoms with Crippen LogP contribution in [0.4, 0.5) is 26.3 Å². The molecule has 0 bridgehead atoms. The number of alkyl halides is 6. The average molecular weight is 503 g/mol. The van der Waals surface area contributed by atoms with E-state index in [1.165, 1.54) is 30.6 Å². The molecule has 0 spiro atoms. The third kappa shape index (κ3) is 6.25. The maximum atomic E-state index is 13.8. The number of carbonyl (C=O) groups excluding carboxylic acids is 1. The highest BCUT2D eigenvalue weighted by Crippen LogP contribution is 2.66. The second-order valence-corrected chi connectivity index (χ2v) is 9.16. The average Bonchev–Trinajstić information content (AvgIpc) is 3.57. The van der Waals surface area contributed by atoms with Gasteiger partial charge in [-0.2, -0.15) is 26.3 Å². The van der Waals surface area contributed by atoms with Crippen molar-refractivity contribution in [1.29, 1.82) is 0 Å². The summed E-state index contributed by atoms with van der Waals surface area (Å²) in [4.78, 5) is 18.3. The van der Waals surface area contributed by atoms with E-state index >= 15 is 0 Å². The zero-order chi connectivity index (χ0) is 26.0. The van der Waals surface area contributed by atoms with Crippen molar-refractivity contribution in [2.75, 3.05) is 20.6 Å². The van der Waals surface area contributed by atoms with Gasteiger partial charge in [0.1, 0.15) is 5.75 Å². The van der Waals surface area contributed by atoms with E-state index in [-0.39, 0.29) is 31.4 Å². The van der Waals surface area contributed by atoms with Gasteiger partial charge in [-0.25, -0.2) is 0 Å². The van der Waals surface area contributed by atoms with Gasteiger partial charge in [-0.1, -0.05) is 12.1 Å². The maximum Gasteiger partial charge on any atom is 0.416 e. The number of rotatable bonds is 9. The monoisotopic (exact) mass is 503 g/mol. The number of hydrogen-bond acceptors (Lipinski definition) is 4. The Morgan fingerprint density at radius 1 is 1.17 bits per heavy atom. The summed E-state index contributed by atoms with van der Waals surface area (Å²) in [5.41, 5.74) is -2.71. The highest BCUT2D eigenvalue weighted by molar-refractivity contribution is 5.77. The van der Waals surface area contributed by atoms with E-state index in [1.54, 1.807) is 19.0 Å². The van der Waals surface area contributed by atoms with Crippen LogP contribution in [0.25, 0.3) is 0 Å². The number of benzene rings is 1. The Hall–Kier alpha value is -2.82. The number of carbonyl (C=O) groups is 1. The summed E-state index contributed by atoms with van der Waals surface area (Å²) in [6, 6.07) is 5.44. The van der Waals surface area contributed by atoms with Crippen LogP contribution >= 0.6 is 0 Å². The van der Waals surface area contributed by atoms with Gasteiger partial charge in [0.05, 0.1) is 11.0 Å². The summed E-state index contributed by atoms with van der Waals surface area (Å²) in [5.74, 6) is -2.25. The van der Waals surface area contributed by atoms with E-state index in [9.17, 15) is 36.2 Å². The fraction of sp³-hybridized carbons (Fsp3) is 0.500. The molecule has 11 heteroatoms. The summed E-state index contributed by atoms with van der Waals surface area (Å²) < 4.78 is 81.8. The molecule has 35 heavy (non-hydrogen) atoms. The quantitative estimate of drug-likeness (QED) is 0.478. The topological polar surface area (TPSA) is 65.5 Å². The highest BCUT2D eigenvalue weighted by Gasteiger charge is 2.67. The Labute approximate surface area is 199 Å². The molecule has 2 aromatic rings. The Morgan fingerprint density at radius 3 is 2.37 bits per heavy atom. The van der Waals surface area contributed by atoms with E-state index in [1.807, 2.05) is 0 Å². The van der Waals surface area contributed by atoms with Gasteiger partial charge in [-0.15, -0.1) is 0 Å². The van der Waals surface area contributed by atoms with Gasteiger partial charge in [0, 0.05) is 37.3 Å². The zero-order valence-corrected chi connectivity index (χ0v) is 19.2. The fourth-order valence-electron chi connectivity index (χ4n) is 4.37. The third-order valence-corrected chi connectivity index (χ3v) is 6.62. The first kappa shape index (κ1) is 26.8. The van der Waals surface area contributed by atoms with E-state index in [4.69, 9.17) is 0 Å². The molecule has 1 fully saturated rings. The van der Waals surface area contributed by atoms with Crippen molar-refractivity contribution in [3.63, 3.8) is 0 Å². The minimum atomic E-state index is -4.68. The summed E-state index contributed by atoms with van der Waals surface area (Å²) in [6.07, 6.45) is -7.06. The van der Waals surface area contributed by atoms with Gasteiger partial charge in [0.2, 0.25) is 5.91 Å². The first-order valence-corrected chi connectivity index (χ1v) is 11.0. The summed E-state index contributed by atoms with van der Waals surface area (Å²) in [5, 5.41) is 12.1. The van der Waals surface area contributed by atoms with Crippen molar-refractivity contribution in [3.8, 4) is 5.75 Å². The van der Waals surface area contributed by atoms with Gasteiger partial charge in [0.15, 0.2) is 0 Å². The third-order valence-electron chi connectivity index (χ3n) is 6.62. The molecule has 1 aromatic carbocycles. The van der Waals surface area contributed by atoms with Crippen LogP contribution in [0.3, 0.4) is 0 Å². The van der Waals surface area contributed by atoms with Crippen molar-refractivity contribution >= 4 is 5.91 Å². The van der Waals surface area contributed by atoms with E-state index < -0.39 is 53.4 Å². The van der Waals surface area contributed by atoms with E-state index in [2.05, 4.69) is 10.3 Å². The number of nitrogens with zero attached hydrogens (tertiary/aromatic N) is 2. The first-order valence-electron chi connectivity index (χ1n) is 11.0. The highest BCUT2D eigenvalue weighted by atomic mass is 19.4. The molecule has 192 valence electrons. The number of amides is 1. The van der Waals surface area contributed by atoms with E-state index in [0.29, 0.717) is 11.6 Å². The van der Waals surface area contributed by atoms with Crippen LogP contribution < -0.4 is 5.32 Å². The Morgan fingerprint density at radius 2 is 1.86 bits per heavy atom. The number of phenols is 1. The molecular formula is C24H27F6N3O2. The molecule has 0 unspecified atom stereocenters. The van der Waals surface area contributed by atoms with Crippen LogP contribution in [0, 0.1) is 5.41 Å². The molecule has 2 atom stereocenters. The predicted molar refractivity (Wildman–Crippen MR) is 117 cm³/mol. The number of likely N-dealkylation sites (N-methyl/N-ethyl adjacent to an activating group) is 1. The molecule has 1 amide bonds. The van der Waals surface area contributed by atoms with Crippen LogP contribution in [-0.2, 0) is 17.4 Å². The molecular weight excluding hydrogens is 476 g/mol. The van der Waals surface area contributed by atoms with Crippen molar-refractivity contribution < 1.29 is 36.2 Å². The lowest BCUT2D eigenvalue weighted by Gasteiger charge is -2.30. The second kappa shape index (κ2) is 10.0. The zero-order valence-electron chi connectivity index (χ0n) is 19.2. The second-order valence-electron chi connectivity index (χ2n) is 9.16. The Balaban J connectivity index is 1.73. The Kier molecular flexibility index (Phi) is 7.68. The molecule has 5 nitrogen and oxygen atoms in total. The molecule has 1 aromatic heterocycles. The lowest BCUT2D eigenvalue weighted by Crippen LogP contribution is -2.43. The number of phenolic OH excluding ortho intramolecular Hbond substituents is 1. The number of hydrogen-bond donors (Lipinski definition) is 2. The molecule has 0 saturated heterocycles. The smallest absolute Gasteiger partial charge is 0.416 e. The number of aromatic nitrogens is 1. The molecule has 1 saturated carbocycles. The van der Waals surface area contributed by atoms with Crippen molar-refractivity contribution in [2.45, 2.75) is 50.0 Å². The molecule has 0 radical (unpaired) electrons. The minimum absolute atomic E-state index is 0.0644. The van der Waals surface area contributed by atoms with Crippen molar-refractivity contribution in [2.24, 2.45) is 5.41 Å². The van der Waals surface area contributed by atoms with Crippen molar-refractivity contribution in [1.82, 2.24) is 15.2 Å². The fourth-order valence-corrected chi connectivity index (χ4v) is 4.37. The SMILES string of the molecule is CN(C)[C@H](CNC(=O)C[C@H](c1cccnc1)C1(C(F)(F)F)CC1)Cc1ccc(O)cc1C(F)(F)F. The van der Waals surface area contributed by atoms with Gasteiger partial charge in [0.25, 0.3) is 0 Å². The number of aromatic hydroxyl groups is 1. The number of nitrogens with one attached hydrogen (secondary N) is 1. The lowest BCUT2D eigenvalue weighted by atomic mass is 9.80. The predicted octanol–water partition coefficient (Wildman–Crippen LogP) is 4.91. The largest absolute Gasteiger partial charge is 0.508 e. The first-order chi connectivity index (χ1) is 16.2. The summed E-state index contributed by atoms with van der Waals surface area (Å²) in [7, 11) is 3.26. The van der Waals surface area contributed by atoms with Gasteiger partial charge < -0.3 is 15.3 Å². The Bertz CT molecular complexity index is 1020. The molecule has 1 aliphatic carbocycles. The van der Waals surface area contributed by atoms with Gasteiger partial charge in [-0.05, 0) is 62.7 Å². The molecule has 1 aliphatic rings. The normalized spacial score (nSPS) is 17.2. The van der Waals surface area contributed by atoms with Gasteiger partial charge >= 0.3 is 12.4 Å². The summed E-state index contributed by atoms with van der Waals surface area (Å²) in [6.45, 7) is -0.0667.